The van der Waals surface area contributed by atoms with Gasteiger partial charge in [0.05, 0.1) is 12.2 Å². The van der Waals surface area contributed by atoms with E-state index in [4.69, 9.17) is 9.84 Å². The number of hydrogen-bond donors (Lipinski definition) is 1. The van der Waals surface area contributed by atoms with E-state index in [1.807, 2.05) is 6.92 Å². The highest BCUT2D eigenvalue weighted by Crippen LogP contribution is 2.32. The van der Waals surface area contributed by atoms with E-state index in [9.17, 15) is 0 Å². The Morgan fingerprint density at radius 3 is 2.40 bits per heavy atom. The van der Waals surface area contributed by atoms with Crippen molar-refractivity contribution in [3.8, 4) is 0 Å². The third-order valence-electron chi connectivity index (χ3n) is 2.25. The largest absolute Gasteiger partial charge is 0.393 e. The summed E-state index contributed by atoms with van der Waals surface area (Å²) in [5.74, 6) is 0. The second kappa shape index (κ2) is 3.35. The van der Waals surface area contributed by atoms with Crippen molar-refractivity contribution < 1.29 is 9.84 Å². The molecule has 0 bridgehead atoms. The number of rotatable bonds is 3. The minimum absolute atomic E-state index is 0.158. The molecule has 0 aliphatic heterocycles. The summed E-state index contributed by atoms with van der Waals surface area (Å²) in [5.41, 5.74) is -0.158. The van der Waals surface area contributed by atoms with Crippen LogP contribution in [0.1, 0.15) is 32.6 Å². The Kier molecular flexibility index (Phi) is 2.69. The van der Waals surface area contributed by atoms with Crippen molar-refractivity contribution in [2.75, 3.05) is 13.2 Å². The molecule has 10 heavy (non-hydrogen) atoms. The van der Waals surface area contributed by atoms with Gasteiger partial charge in [-0.05, 0) is 19.8 Å². The van der Waals surface area contributed by atoms with E-state index in [-0.39, 0.29) is 12.2 Å². The molecule has 1 rings (SSSR count). The molecule has 2 heteroatoms. The second-order valence-electron chi connectivity index (χ2n) is 2.98. The molecule has 1 aliphatic carbocycles. The van der Waals surface area contributed by atoms with E-state index in [0.29, 0.717) is 0 Å². The highest BCUT2D eigenvalue weighted by atomic mass is 16.5. The average molecular weight is 144 g/mol. The van der Waals surface area contributed by atoms with Crippen molar-refractivity contribution in [1.29, 1.82) is 0 Å². The summed E-state index contributed by atoms with van der Waals surface area (Å²) in [4.78, 5) is 0. The molecule has 1 N–H and O–H groups in total. The number of aliphatic hydroxyl groups excluding tert-OH is 1. The Morgan fingerprint density at radius 2 is 2.00 bits per heavy atom. The van der Waals surface area contributed by atoms with Gasteiger partial charge in [-0.3, -0.25) is 0 Å². The van der Waals surface area contributed by atoms with Crippen molar-refractivity contribution in [3.05, 3.63) is 0 Å². The van der Waals surface area contributed by atoms with Crippen molar-refractivity contribution in [3.63, 3.8) is 0 Å². The van der Waals surface area contributed by atoms with E-state index >= 15 is 0 Å². The molecule has 0 saturated heterocycles. The van der Waals surface area contributed by atoms with Crippen LogP contribution in [0.25, 0.3) is 0 Å². The van der Waals surface area contributed by atoms with E-state index in [0.717, 1.165) is 19.4 Å². The summed E-state index contributed by atoms with van der Waals surface area (Å²) in [6.07, 6.45) is 4.50. The lowest BCUT2D eigenvalue weighted by molar-refractivity contribution is -0.0694. The summed E-state index contributed by atoms with van der Waals surface area (Å²) in [6, 6.07) is 0. The molecule has 0 aromatic rings. The quantitative estimate of drug-likeness (QED) is 0.647. The van der Waals surface area contributed by atoms with Crippen molar-refractivity contribution >= 4 is 0 Å². The number of ether oxygens (including phenoxy) is 1. The summed E-state index contributed by atoms with van der Waals surface area (Å²) >= 11 is 0. The fourth-order valence-corrected chi connectivity index (χ4v) is 1.67. The lowest BCUT2D eigenvalue weighted by atomic mass is 10.0. The molecule has 60 valence electrons. The van der Waals surface area contributed by atoms with Crippen molar-refractivity contribution in [2.45, 2.75) is 38.2 Å². The molecule has 0 spiro atoms. The molecule has 0 aromatic carbocycles. The van der Waals surface area contributed by atoms with Crippen LogP contribution in [0.15, 0.2) is 0 Å². The highest BCUT2D eigenvalue weighted by molar-refractivity contribution is 4.85. The predicted octanol–water partition coefficient (Wildman–Crippen LogP) is 1.33. The predicted molar refractivity (Wildman–Crippen MR) is 39.9 cm³/mol. The summed E-state index contributed by atoms with van der Waals surface area (Å²) < 4.78 is 5.49. The maximum absolute atomic E-state index is 9.02. The van der Waals surface area contributed by atoms with Gasteiger partial charge in [0.25, 0.3) is 0 Å². The van der Waals surface area contributed by atoms with Gasteiger partial charge in [0, 0.05) is 6.61 Å². The lowest BCUT2D eigenvalue weighted by Crippen LogP contribution is -2.33. The number of aliphatic hydroxyl groups is 1. The first-order valence-electron chi connectivity index (χ1n) is 4.08. The molecule has 2 nitrogen and oxygen atoms in total. The monoisotopic (exact) mass is 144 g/mol. The van der Waals surface area contributed by atoms with Crippen LogP contribution in [0.2, 0.25) is 0 Å². The average Bonchev–Trinajstić information content (AvgIpc) is 2.39. The van der Waals surface area contributed by atoms with Crippen molar-refractivity contribution in [1.82, 2.24) is 0 Å². The first kappa shape index (κ1) is 8.02. The topological polar surface area (TPSA) is 29.5 Å². The fraction of sp³-hybridized carbons (Fsp3) is 1.00. The lowest BCUT2D eigenvalue weighted by Gasteiger charge is -2.25. The van der Waals surface area contributed by atoms with Crippen molar-refractivity contribution in [2.24, 2.45) is 0 Å². The zero-order valence-corrected chi connectivity index (χ0v) is 6.60. The fourth-order valence-electron chi connectivity index (χ4n) is 1.67. The first-order chi connectivity index (χ1) is 4.83. The Hall–Kier alpha value is -0.0800. The maximum Gasteiger partial charge on any atom is 0.0911 e. The van der Waals surface area contributed by atoms with Gasteiger partial charge in [0.1, 0.15) is 0 Å². The molecular formula is C8H16O2. The summed E-state index contributed by atoms with van der Waals surface area (Å²) in [7, 11) is 0. The van der Waals surface area contributed by atoms with Gasteiger partial charge in [0.15, 0.2) is 0 Å². The second-order valence-corrected chi connectivity index (χ2v) is 2.98. The summed E-state index contributed by atoms with van der Waals surface area (Å²) in [6.45, 7) is 2.90. The first-order valence-corrected chi connectivity index (χ1v) is 4.08. The molecular weight excluding hydrogens is 128 g/mol. The molecule has 1 saturated carbocycles. The minimum Gasteiger partial charge on any atom is -0.393 e. The Balaban J connectivity index is 2.41. The van der Waals surface area contributed by atoms with Crippen LogP contribution in [0, 0.1) is 0 Å². The Bertz CT molecular complexity index is 95.4. The molecule has 0 amide bonds. The molecule has 0 heterocycles. The van der Waals surface area contributed by atoms with Gasteiger partial charge >= 0.3 is 0 Å². The Labute approximate surface area is 62.2 Å². The molecule has 0 atom stereocenters. The SMILES string of the molecule is CCOC1(CO)CCCC1. The zero-order chi connectivity index (χ0) is 7.45. The van der Waals surface area contributed by atoms with E-state index < -0.39 is 0 Å². The van der Waals surface area contributed by atoms with Gasteiger partial charge in [-0.1, -0.05) is 12.8 Å². The molecule has 1 aliphatic rings. The zero-order valence-electron chi connectivity index (χ0n) is 6.60. The van der Waals surface area contributed by atoms with Crippen LogP contribution in [0.3, 0.4) is 0 Å². The van der Waals surface area contributed by atoms with Gasteiger partial charge < -0.3 is 9.84 Å². The molecule has 0 aromatic heterocycles. The minimum atomic E-state index is -0.158. The molecule has 0 unspecified atom stereocenters. The van der Waals surface area contributed by atoms with Crippen LogP contribution in [0.5, 0.6) is 0 Å². The summed E-state index contributed by atoms with van der Waals surface area (Å²) in [5, 5.41) is 9.02. The third kappa shape index (κ3) is 1.50. The van der Waals surface area contributed by atoms with E-state index in [1.54, 1.807) is 0 Å². The van der Waals surface area contributed by atoms with Gasteiger partial charge in [0.2, 0.25) is 0 Å². The molecule has 0 radical (unpaired) electrons. The smallest absolute Gasteiger partial charge is 0.0911 e. The normalized spacial score (nSPS) is 23.4. The third-order valence-corrected chi connectivity index (χ3v) is 2.25. The van der Waals surface area contributed by atoms with Crippen LogP contribution in [0.4, 0.5) is 0 Å². The molecule has 1 fully saturated rings. The van der Waals surface area contributed by atoms with Crippen LogP contribution in [-0.2, 0) is 4.74 Å². The Morgan fingerprint density at radius 1 is 1.40 bits per heavy atom. The van der Waals surface area contributed by atoms with Crippen LogP contribution in [-0.4, -0.2) is 23.9 Å². The van der Waals surface area contributed by atoms with E-state index in [1.165, 1.54) is 12.8 Å². The standard InChI is InChI=1S/C8H16O2/c1-2-10-8(7-9)5-3-4-6-8/h9H,2-7H2,1H3. The van der Waals surface area contributed by atoms with E-state index in [2.05, 4.69) is 0 Å². The van der Waals surface area contributed by atoms with Gasteiger partial charge in [-0.15, -0.1) is 0 Å². The van der Waals surface area contributed by atoms with Gasteiger partial charge in [-0.25, -0.2) is 0 Å². The maximum atomic E-state index is 9.02. The highest BCUT2D eigenvalue weighted by Gasteiger charge is 2.33. The van der Waals surface area contributed by atoms with Crippen LogP contribution < -0.4 is 0 Å². The van der Waals surface area contributed by atoms with Crippen LogP contribution >= 0.6 is 0 Å². The van der Waals surface area contributed by atoms with Gasteiger partial charge in [-0.2, -0.15) is 0 Å². The number of hydrogen-bond acceptors (Lipinski definition) is 2.